The Bertz CT molecular complexity index is 1270. The standard InChI is InChI=1S/C24H18N4O3/c25-20-9-7-17(8-10-20)23(29)27-26-21-11-13-22(14-12-21)28-31-24(30)19-6-5-16-3-1-2-4-18(16)15-19/h1-15,28H,25H2. The van der Waals surface area contributed by atoms with Gasteiger partial charge in [-0.2, -0.15) is 0 Å². The third-order valence-electron chi connectivity index (χ3n) is 4.53. The van der Waals surface area contributed by atoms with Crippen molar-refractivity contribution in [2.24, 2.45) is 10.2 Å². The molecule has 152 valence electrons. The van der Waals surface area contributed by atoms with Crippen LogP contribution in [0.5, 0.6) is 0 Å². The van der Waals surface area contributed by atoms with Gasteiger partial charge in [-0.15, -0.1) is 10.2 Å². The van der Waals surface area contributed by atoms with Crippen molar-refractivity contribution in [3.63, 3.8) is 0 Å². The van der Waals surface area contributed by atoms with Crippen LogP contribution in [0.2, 0.25) is 0 Å². The molecule has 4 aromatic rings. The summed E-state index contributed by atoms with van der Waals surface area (Å²) in [5.74, 6) is -0.963. The van der Waals surface area contributed by atoms with E-state index in [0.717, 1.165) is 10.8 Å². The van der Waals surface area contributed by atoms with Crippen LogP contribution in [-0.4, -0.2) is 11.9 Å². The molecule has 0 heterocycles. The minimum absolute atomic E-state index is 0.400. The van der Waals surface area contributed by atoms with E-state index in [2.05, 4.69) is 15.7 Å². The number of carbonyl (C=O) groups excluding carboxylic acids is 2. The molecule has 7 heteroatoms. The first kappa shape index (κ1) is 19.8. The Morgan fingerprint density at radius 3 is 2.19 bits per heavy atom. The number of carbonyl (C=O) groups is 2. The van der Waals surface area contributed by atoms with Crippen LogP contribution in [-0.2, 0) is 4.84 Å². The summed E-state index contributed by atoms with van der Waals surface area (Å²) in [7, 11) is 0. The van der Waals surface area contributed by atoms with Crippen molar-refractivity contribution < 1.29 is 14.4 Å². The van der Waals surface area contributed by atoms with Crippen molar-refractivity contribution in [1.29, 1.82) is 0 Å². The van der Waals surface area contributed by atoms with Crippen LogP contribution < -0.4 is 11.2 Å². The molecule has 31 heavy (non-hydrogen) atoms. The van der Waals surface area contributed by atoms with Gasteiger partial charge < -0.3 is 10.6 Å². The number of nitrogen functional groups attached to an aromatic ring is 1. The number of amides is 1. The molecule has 0 saturated heterocycles. The second-order valence-corrected chi connectivity index (χ2v) is 6.73. The third-order valence-corrected chi connectivity index (χ3v) is 4.53. The quantitative estimate of drug-likeness (QED) is 0.256. The Balaban J connectivity index is 1.35. The average molecular weight is 410 g/mol. The van der Waals surface area contributed by atoms with E-state index < -0.39 is 11.9 Å². The molecule has 0 aromatic heterocycles. The Morgan fingerprint density at radius 2 is 1.45 bits per heavy atom. The van der Waals surface area contributed by atoms with Crippen molar-refractivity contribution in [1.82, 2.24) is 0 Å². The topological polar surface area (TPSA) is 106 Å². The number of anilines is 2. The normalized spacial score (nSPS) is 10.8. The molecule has 0 atom stereocenters. The highest BCUT2D eigenvalue weighted by atomic mass is 16.7. The van der Waals surface area contributed by atoms with Crippen LogP contribution >= 0.6 is 0 Å². The minimum Gasteiger partial charge on any atom is -0.399 e. The van der Waals surface area contributed by atoms with Crippen LogP contribution in [0.4, 0.5) is 17.1 Å². The number of hydrogen-bond donors (Lipinski definition) is 2. The summed E-state index contributed by atoms with van der Waals surface area (Å²) in [6, 6.07) is 26.2. The second-order valence-electron chi connectivity index (χ2n) is 6.73. The monoisotopic (exact) mass is 410 g/mol. The molecule has 0 aliphatic heterocycles. The maximum absolute atomic E-state index is 12.3. The lowest BCUT2D eigenvalue weighted by molar-refractivity contribution is 0.0596. The van der Waals surface area contributed by atoms with Gasteiger partial charge in [-0.3, -0.25) is 4.79 Å². The van der Waals surface area contributed by atoms with Crippen molar-refractivity contribution in [2.45, 2.75) is 0 Å². The summed E-state index contributed by atoms with van der Waals surface area (Å²) in [6.45, 7) is 0. The number of nitrogens with one attached hydrogen (secondary N) is 1. The van der Waals surface area contributed by atoms with E-state index in [1.165, 1.54) is 0 Å². The lowest BCUT2D eigenvalue weighted by Gasteiger charge is -2.07. The molecule has 1 amide bonds. The second kappa shape index (κ2) is 8.87. The first-order valence-corrected chi connectivity index (χ1v) is 9.46. The fourth-order valence-corrected chi connectivity index (χ4v) is 2.86. The van der Waals surface area contributed by atoms with Gasteiger partial charge in [0.25, 0.3) is 5.91 Å². The largest absolute Gasteiger partial charge is 0.399 e. The van der Waals surface area contributed by atoms with Crippen molar-refractivity contribution >= 4 is 39.7 Å². The van der Waals surface area contributed by atoms with Gasteiger partial charge in [0.05, 0.1) is 16.9 Å². The van der Waals surface area contributed by atoms with E-state index in [-0.39, 0.29) is 0 Å². The van der Waals surface area contributed by atoms with Gasteiger partial charge in [0.2, 0.25) is 0 Å². The Kier molecular flexibility index (Phi) is 5.66. The molecule has 0 bridgehead atoms. The van der Waals surface area contributed by atoms with Crippen LogP contribution in [0.15, 0.2) is 101 Å². The minimum atomic E-state index is -0.497. The van der Waals surface area contributed by atoms with Crippen LogP contribution in [0.3, 0.4) is 0 Å². The van der Waals surface area contributed by atoms with Crippen molar-refractivity contribution in [2.75, 3.05) is 11.2 Å². The van der Waals surface area contributed by atoms with Crippen LogP contribution in [0.1, 0.15) is 20.7 Å². The van der Waals surface area contributed by atoms with Crippen molar-refractivity contribution in [3.8, 4) is 0 Å². The molecule has 0 fully saturated rings. The molecule has 0 saturated carbocycles. The molecule has 3 N–H and O–H groups in total. The average Bonchev–Trinajstić information content (AvgIpc) is 2.81. The lowest BCUT2D eigenvalue weighted by atomic mass is 10.1. The van der Waals surface area contributed by atoms with Gasteiger partial charge in [0, 0.05) is 11.3 Å². The first-order valence-electron chi connectivity index (χ1n) is 9.46. The van der Waals surface area contributed by atoms with E-state index in [4.69, 9.17) is 10.6 Å². The number of fused-ring (bicyclic) bond motifs is 1. The van der Waals surface area contributed by atoms with Gasteiger partial charge in [0.1, 0.15) is 0 Å². The SMILES string of the molecule is Nc1ccc(C(=O)N=Nc2ccc(NOC(=O)c3ccc4ccccc4c3)cc2)cc1. The van der Waals surface area contributed by atoms with Crippen molar-refractivity contribution in [3.05, 3.63) is 102 Å². The highest BCUT2D eigenvalue weighted by Crippen LogP contribution is 2.19. The van der Waals surface area contributed by atoms with E-state index in [1.54, 1.807) is 60.7 Å². The van der Waals surface area contributed by atoms with Crippen LogP contribution in [0.25, 0.3) is 10.8 Å². The zero-order chi connectivity index (χ0) is 21.6. The van der Waals surface area contributed by atoms with E-state index in [0.29, 0.717) is 28.2 Å². The molecule has 0 radical (unpaired) electrons. The number of nitrogens with two attached hydrogens (primary N) is 1. The maximum Gasteiger partial charge on any atom is 0.362 e. The highest BCUT2D eigenvalue weighted by Gasteiger charge is 2.09. The highest BCUT2D eigenvalue weighted by molar-refractivity contribution is 5.96. The summed E-state index contributed by atoms with van der Waals surface area (Å²) in [6.07, 6.45) is 0. The fraction of sp³-hybridized carbons (Fsp3) is 0. The van der Waals surface area contributed by atoms with Gasteiger partial charge in [0.15, 0.2) is 0 Å². The predicted molar refractivity (Wildman–Crippen MR) is 119 cm³/mol. The smallest absolute Gasteiger partial charge is 0.362 e. The summed E-state index contributed by atoms with van der Waals surface area (Å²) in [5, 5.41) is 9.64. The van der Waals surface area contributed by atoms with Gasteiger partial charge in [-0.25, -0.2) is 10.3 Å². The molecule has 0 unspecified atom stereocenters. The van der Waals surface area contributed by atoms with E-state index in [9.17, 15) is 9.59 Å². The summed E-state index contributed by atoms with van der Waals surface area (Å²) < 4.78 is 0. The zero-order valence-corrected chi connectivity index (χ0v) is 16.4. The number of hydrogen-bond acceptors (Lipinski definition) is 6. The Hall–Kier alpha value is -4.52. The number of nitrogens with zero attached hydrogens (tertiary/aromatic N) is 2. The fourth-order valence-electron chi connectivity index (χ4n) is 2.86. The third kappa shape index (κ3) is 4.91. The Labute approximate surface area is 178 Å². The molecule has 4 aromatic carbocycles. The Morgan fingerprint density at radius 1 is 0.774 bits per heavy atom. The molecular weight excluding hydrogens is 392 g/mol. The lowest BCUT2D eigenvalue weighted by Crippen LogP contribution is -2.10. The van der Waals surface area contributed by atoms with Gasteiger partial charge >= 0.3 is 5.97 Å². The maximum atomic E-state index is 12.3. The molecule has 7 nitrogen and oxygen atoms in total. The summed E-state index contributed by atoms with van der Waals surface area (Å²) in [5.41, 5.74) is 10.7. The van der Waals surface area contributed by atoms with Crippen LogP contribution in [0, 0.1) is 0 Å². The summed E-state index contributed by atoms with van der Waals surface area (Å²) in [4.78, 5) is 29.5. The molecule has 0 spiro atoms. The number of benzene rings is 4. The van der Waals surface area contributed by atoms with Gasteiger partial charge in [-0.1, -0.05) is 30.3 Å². The number of rotatable bonds is 5. The van der Waals surface area contributed by atoms with E-state index in [1.807, 2.05) is 30.3 Å². The van der Waals surface area contributed by atoms with E-state index >= 15 is 0 Å². The number of azo groups is 1. The molecule has 4 rings (SSSR count). The van der Waals surface area contributed by atoms with Gasteiger partial charge in [-0.05, 0) is 71.4 Å². The molecular formula is C24H18N4O3. The molecule has 0 aliphatic rings. The summed E-state index contributed by atoms with van der Waals surface area (Å²) >= 11 is 0. The zero-order valence-electron chi connectivity index (χ0n) is 16.4. The molecule has 0 aliphatic carbocycles. The predicted octanol–water partition coefficient (Wildman–Crippen LogP) is 5.53. The first-order chi connectivity index (χ1) is 15.1.